The molecule has 3 heteroatoms. The van der Waals surface area contributed by atoms with Crippen molar-refractivity contribution in [2.75, 3.05) is 5.32 Å². The number of halogens is 1. The lowest BCUT2D eigenvalue weighted by molar-refractivity contribution is -0.111. The molecule has 0 aromatic heterocycles. The molecule has 0 saturated carbocycles. The maximum Gasteiger partial charge on any atom is 0.248 e. The van der Waals surface area contributed by atoms with E-state index in [1.807, 2.05) is 42.5 Å². The van der Waals surface area contributed by atoms with E-state index in [9.17, 15) is 9.18 Å². The Hall–Kier alpha value is -2.94. The molecule has 22 heavy (non-hydrogen) atoms. The van der Waals surface area contributed by atoms with Crippen LogP contribution in [0.5, 0.6) is 0 Å². The molecule has 0 unspecified atom stereocenters. The zero-order chi connectivity index (χ0) is 15.4. The summed E-state index contributed by atoms with van der Waals surface area (Å²) in [6.45, 7) is 0. The molecule has 1 N–H and O–H groups in total. The van der Waals surface area contributed by atoms with E-state index in [-0.39, 0.29) is 11.7 Å². The molecule has 0 aliphatic carbocycles. The Morgan fingerprint density at radius 2 is 1.64 bits per heavy atom. The van der Waals surface area contributed by atoms with E-state index in [0.29, 0.717) is 0 Å². The Labute approximate surface area is 127 Å². The molecule has 0 fully saturated rings. The number of hydrogen-bond donors (Lipinski definition) is 1. The van der Waals surface area contributed by atoms with E-state index in [1.54, 1.807) is 18.2 Å². The molecule has 0 aliphatic heterocycles. The van der Waals surface area contributed by atoms with Crippen LogP contribution in [0.3, 0.4) is 0 Å². The minimum Gasteiger partial charge on any atom is -0.322 e. The molecule has 0 radical (unpaired) electrons. The molecule has 0 aliphatic rings. The smallest absolute Gasteiger partial charge is 0.248 e. The lowest BCUT2D eigenvalue weighted by Crippen LogP contribution is -2.07. The molecule has 0 heterocycles. The lowest BCUT2D eigenvalue weighted by atomic mass is 10.1. The molecule has 3 aromatic rings. The molecule has 0 atom stereocenters. The van der Waals surface area contributed by atoms with Gasteiger partial charge in [0.15, 0.2) is 0 Å². The zero-order valence-electron chi connectivity index (χ0n) is 11.8. The number of amides is 1. The van der Waals surface area contributed by atoms with E-state index in [4.69, 9.17) is 0 Å². The second kappa shape index (κ2) is 6.22. The van der Waals surface area contributed by atoms with E-state index in [0.717, 1.165) is 22.0 Å². The fraction of sp³-hybridized carbons (Fsp3) is 0. The molecule has 3 rings (SSSR count). The Bertz CT molecular complexity index is 837. The quantitative estimate of drug-likeness (QED) is 0.700. The van der Waals surface area contributed by atoms with Gasteiger partial charge >= 0.3 is 0 Å². The van der Waals surface area contributed by atoms with Crippen LogP contribution < -0.4 is 5.32 Å². The first kappa shape index (κ1) is 14.0. The Morgan fingerprint density at radius 3 is 2.41 bits per heavy atom. The van der Waals surface area contributed by atoms with Crippen molar-refractivity contribution in [2.45, 2.75) is 0 Å². The number of anilines is 1. The van der Waals surface area contributed by atoms with Crippen LogP contribution in [-0.4, -0.2) is 5.91 Å². The third kappa shape index (κ3) is 3.38. The number of fused-ring (bicyclic) bond motifs is 1. The average Bonchev–Trinajstić information content (AvgIpc) is 2.54. The first-order chi connectivity index (χ1) is 10.7. The Morgan fingerprint density at radius 1 is 0.909 bits per heavy atom. The summed E-state index contributed by atoms with van der Waals surface area (Å²) in [7, 11) is 0. The van der Waals surface area contributed by atoms with Gasteiger partial charge in [0, 0.05) is 11.8 Å². The van der Waals surface area contributed by atoms with Crippen molar-refractivity contribution < 1.29 is 9.18 Å². The molecular weight excluding hydrogens is 277 g/mol. The van der Waals surface area contributed by atoms with Gasteiger partial charge in [-0.05, 0) is 46.7 Å². The number of rotatable bonds is 3. The van der Waals surface area contributed by atoms with Crippen LogP contribution in [-0.2, 0) is 4.79 Å². The predicted molar refractivity (Wildman–Crippen MR) is 88.0 cm³/mol. The normalized spacial score (nSPS) is 11.0. The van der Waals surface area contributed by atoms with Crippen LogP contribution in [0.1, 0.15) is 5.56 Å². The summed E-state index contributed by atoms with van der Waals surface area (Å²) in [4.78, 5) is 11.9. The summed E-state index contributed by atoms with van der Waals surface area (Å²) in [5.74, 6) is -0.516. The Kier molecular flexibility index (Phi) is 3.97. The number of carbonyl (C=O) groups excluding carboxylic acids is 1. The monoisotopic (exact) mass is 291 g/mol. The van der Waals surface area contributed by atoms with Crippen LogP contribution in [0.25, 0.3) is 16.8 Å². The van der Waals surface area contributed by atoms with E-state index in [1.165, 1.54) is 18.2 Å². The topological polar surface area (TPSA) is 29.1 Å². The maximum atomic E-state index is 12.8. The van der Waals surface area contributed by atoms with Gasteiger partial charge in [0.2, 0.25) is 5.91 Å². The number of benzene rings is 3. The first-order valence-corrected chi connectivity index (χ1v) is 6.94. The number of carbonyl (C=O) groups is 1. The van der Waals surface area contributed by atoms with Gasteiger partial charge in [0.05, 0.1) is 0 Å². The fourth-order valence-electron chi connectivity index (χ4n) is 2.20. The third-order valence-corrected chi connectivity index (χ3v) is 3.31. The van der Waals surface area contributed by atoms with Gasteiger partial charge in [-0.1, -0.05) is 42.5 Å². The number of hydrogen-bond acceptors (Lipinski definition) is 1. The lowest BCUT2D eigenvalue weighted by Gasteiger charge is -2.04. The second-order valence-corrected chi connectivity index (χ2v) is 4.94. The minimum atomic E-state index is -0.294. The highest BCUT2D eigenvalue weighted by atomic mass is 19.1. The summed E-state index contributed by atoms with van der Waals surface area (Å²) in [6, 6.07) is 19.7. The van der Waals surface area contributed by atoms with Crippen molar-refractivity contribution in [3.63, 3.8) is 0 Å². The molecule has 3 aromatic carbocycles. The standard InChI is InChI=1S/C19H14FNO/c20-17-9-5-14(6-10-17)7-12-19(22)21-18-11-8-15-3-1-2-4-16(15)13-18/h1-13H,(H,21,22). The molecule has 0 bridgehead atoms. The van der Waals surface area contributed by atoms with Crippen molar-refractivity contribution >= 4 is 28.4 Å². The van der Waals surface area contributed by atoms with Crippen LogP contribution in [0.4, 0.5) is 10.1 Å². The van der Waals surface area contributed by atoms with Crippen molar-refractivity contribution in [2.24, 2.45) is 0 Å². The molecule has 1 amide bonds. The summed E-state index contributed by atoms with van der Waals surface area (Å²) in [6.07, 6.45) is 3.08. The second-order valence-electron chi connectivity index (χ2n) is 4.94. The third-order valence-electron chi connectivity index (χ3n) is 3.31. The Balaban J connectivity index is 1.71. The zero-order valence-corrected chi connectivity index (χ0v) is 11.8. The van der Waals surface area contributed by atoms with Crippen molar-refractivity contribution in [1.82, 2.24) is 0 Å². The molecule has 2 nitrogen and oxygen atoms in total. The number of nitrogens with one attached hydrogen (secondary N) is 1. The summed E-state index contributed by atoms with van der Waals surface area (Å²) >= 11 is 0. The SMILES string of the molecule is O=C(C=Cc1ccc(F)cc1)Nc1ccc2ccccc2c1. The predicted octanol–water partition coefficient (Wildman–Crippen LogP) is 4.63. The van der Waals surface area contributed by atoms with Gasteiger partial charge < -0.3 is 5.32 Å². The van der Waals surface area contributed by atoms with Crippen LogP contribution >= 0.6 is 0 Å². The van der Waals surface area contributed by atoms with Gasteiger partial charge in [-0.15, -0.1) is 0 Å². The summed E-state index contributed by atoms with van der Waals surface area (Å²) in [5.41, 5.74) is 1.52. The van der Waals surface area contributed by atoms with Crippen LogP contribution in [0.15, 0.2) is 72.8 Å². The molecule has 0 saturated heterocycles. The highest BCUT2D eigenvalue weighted by Crippen LogP contribution is 2.18. The highest BCUT2D eigenvalue weighted by Gasteiger charge is 1.99. The van der Waals surface area contributed by atoms with Crippen molar-refractivity contribution in [3.8, 4) is 0 Å². The molecular formula is C19H14FNO. The summed E-state index contributed by atoms with van der Waals surface area (Å²) < 4.78 is 12.8. The van der Waals surface area contributed by atoms with Gasteiger partial charge in [-0.3, -0.25) is 4.79 Å². The van der Waals surface area contributed by atoms with Crippen LogP contribution in [0.2, 0.25) is 0 Å². The van der Waals surface area contributed by atoms with E-state index < -0.39 is 0 Å². The van der Waals surface area contributed by atoms with Gasteiger partial charge in [0.25, 0.3) is 0 Å². The average molecular weight is 291 g/mol. The fourth-order valence-corrected chi connectivity index (χ4v) is 2.20. The summed E-state index contributed by atoms with van der Waals surface area (Å²) in [5, 5.41) is 5.02. The van der Waals surface area contributed by atoms with Gasteiger partial charge in [-0.25, -0.2) is 4.39 Å². The van der Waals surface area contributed by atoms with E-state index >= 15 is 0 Å². The maximum absolute atomic E-state index is 12.8. The first-order valence-electron chi connectivity index (χ1n) is 6.94. The molecule has 108 valence electrons. The van der Waals surface area contributed by atoms with Gasteiger partial charge in [0.1, 0.15) is 5.82 Å². The van der Waals surface area contributed by atoms with E-state index in [2.05, 4.69) is 5.32 Å². The van der Waals surface area contributed by atoms with Crippen molar-refractivity contribution in [1.29, 1.82) is 0 Å². The highest BCUT2D eigenvalue weighted by molar-refractivity contribution is 6.03. The van der Waals surface area contributed by atoms with Gasteiger partial charge in [-0.2, -0.15) is 0 Å². The molecule has 0 spiro atoms. The van der Waals surface area contributed by atoms with Crippen molar-refractivity contribution in [3.05, 3.63) is 84.2 Å². The minimum absolute atomic E-state index is 0.223. The largest absolute Gasteiger partial charge is 0.322 e. The van der Waals surface area contributed by atoms with Crippen LogP contribution in [0, 0.1) is 5.82 Å².